The minimum atomic E-state index is -0.117. The van der Waals surface area contributed by atoms with Gasteiger partial charge in [0.1, 0.15) is 0 Å². The molecular weight excluding hydrogens is 374 g/mol. The van der Waals surface area contributed by atoms with Crippen molar-refractivity contribution < 1.29 is 9.53 Å². The summed E-state index contributed by atoms with van der Waals surface area (Å²) in [5.41, 5.74) is 1.20. The molecule has 7 nitrogen and oxygen atoms in total. The highest BCUT2D eigenvalue weighted by molar-refractivity contribution is 7.09. The number of carbonyl (C=O) groups excluding carboxylic acids is 1. The van der Waals surface area contributed by atoms with Gasteiger partial charge in [-0.2, -0.15) is 0 Å². The van der Waals surface area contributed by atoms with E-state index in [2.05, 4.69) is 44.3 Å². The first-order valence-corrected chi connectivity index (χ1v) is 11.0. The van der Waals surface area contributed by atoms with E-state index in [0.717, 1.165) is 43.7 Å². The van der Waals surface area contributed by atoms with Gasteiger partial charge in [0, 0.05) is 38.6 Å². The molecule has 8 heteroatoms. The number of esters is 1. The van der Waals surface area contributed by atoms with Crippen LogP contribution in [0.15, 0.2) is 10.4 Å². The van der Waals surface area contributed by atoms with E-state index in [1.165, 1.54) is 25.6 Å². The molecule has 3 heterocycles. The van der Waals surface area contributed by atoms with E-state index in [1.54, 1.807) is 11.3 Å². The Morgan fingerprint density at radius 2 is 2.14 bits per heavy atom. The third kappa shape index (κ3) is 5.23. The average molecular weight is 408 g/mol. The zero-order valence-electron chi connectivity index (χ0n) is 17.5. The molecule has 3 rings (SSSR count). The van der Waals surface area contributed by atoms with Crippen LogP contribution in [0.5, 0.6) is 0 Å². The molecule has 28 heavy (non-hydrogen) atoms. The molecule has 0 aromatic carbocycles. The second-order valence-corrected chi connectivity index (χ2v) is 9.08. The van der Waals surface area contributed by atoms with Crippen molar-refractivity contribution in [3.63, 3.8) is 0 Å². The van der Waals surface area contributed by atoms with Gasteiger partial charge in [-0.05, 0) is 44.7 Å². The van der Waals surface area contributed by atoms with Gasteiger partial charge in [-0.15, -0.1) is 11.3 Å². The zero-order valence-corrected chi connectivity index (χ0v) is 18.3. The molecular formula is C20H33N5O2S. The Kier molecular flexibility index (Phi) is 7.29. The summed E-state index contributed by atoms with van der Waals surface area (Å²) in [5, 5.41) is 6.86. The lowest BCUT2D eigenvalue weighted by molar-refractivity contribution is -0.145. The Hall–Kier alpha value is -1.67. The number of methoxy groups -OCH3 is 1. The van der Waals surface area contributed by atoms with Crippen LogP contribution in [0.3, 0.4) is 0 Å². The number of hydrogen-bond acceptors (Lipinski definition) is 6. The van der Waals surface area contributed by atoms with E-state index in [1.807, 2.05) is 7.05 Å². The largest absolute Gasteiger partial charge is 0.469 e. The summed E-state index contributed by atoms with van der Waals surface area (Å²) in [6.45, 7) is 9.82. The second kappa shape index (κ2) is 9.69. The van der Waals surface area contributed by atoms with Crippen LogP contribution < -0.4 is 5.32 Å². The molecule has 0 aliphatic carbocycles. The number of rotatable bonds is 5. The number of aryl methyl sites for hydroxylation is 1. The molecule has 1 aromatic heterocycles. The van der Waals surface area contributed by atoms with Gasteiger partial charge in [-0.25, -0.2) is 4.98 Å². The molecule has 2 atom stereocenters. The van der Waals surface area contributed by atoms with Crippen LogP contribution in [0.25, 0.3) is 0 Å². The van der Waals surface area contributed by atoms with Crippen molar-refractivity contribution >= 4 is 23.3 Å². The molecule has 0 bridgehead atoms. The zero-order chi connectivity index (χ0) is 20.1. The molecule has 0 amide bonds. The Balaban J connectivity index is 1.42. The van der Waals surface area contributed by atoms with Crippen molar-refractivity contribution in [2.75, 3.05) is 46.9 Å². The molecule has 1 aromatic rings. The monoisotopic (exact) mass is 407 g/mol. The molecule has 2 saturated heterocycles. The number of thiazole rings is 1. The third-order valence-electron chi connectivity index (χ3n) is 5.94. The number of nitrogens with one attached hydrogen (secondary N) is 1. The predicted molar refractivity (Wildman–Crippen MR) is 112 cm³/mol. The van der Waals surface area contributed by atoms with Gasteiger partial charge in [0.25, 0.3) is 0 Å². The normalized spacial score (nSPS) is 24.6. The summed E-state index contributed by atoms with van der Waals surface area (Å²) in [5.74, 6) is 1.65. The SMILES string of the molecule is CN=C(NCC1CCN(Cc2csc(C)n2)CC1)N1CC(C)C(C(=O)OC)C1. The maximum Gasteiger partial charge on any atom is 0.310 e. The molecule has 0 radical (unpaired) electrons. The lowest BCUT2D eigenvalue weighted by Gasteiger charge is -2.32. The lowest BCUT2D eigenvalue weighted by Crippen LogP contribution is -2.44. The number of aliphatic imine (C=N–C) groups is 1. The number of carbonyl (C=O) groups is 1. The first-order valence-electron chi connectivity index (χ1n) is 10.2. The Labute approximate surface area is 172 Å². The van der Waals surface area contributed by atoms with Crippen molar-refractivity contribution in [2.24, 2.45) is 22.7 Å². The van der Waals surface area contributed by atoms with Crippen molar-refractivity contribution in [3.8, 4) is 0 Å². The van der Waals surface area contributed by atoms with Crippen LogP contribution in [-0.2, 0) is 16.1 Å². The number of nitrogens with zero attached hydrogens (tertiary/aromatic N) is 4. The van der Waals surface area contributed by atoms with E-state index in [4.69, 9.17) is 4.74 Å². The van der Waals surface area contributed by atoms with E-state index in [-0.39, 0.29) is 17.8 Å². The van der Waals surface area contributed by atoms with Crippen LogP contribution in [-0.4, -0.2) is 73.6 Å². The van der Waals surface area contributed by atoms with Gasteiger partial charge in [0.05, 0.1) is 23.7 Å². The first kappa shape index (κ1) is 21.0. The number of guanidine groups is 1. The van der Waals surface area contributed by atoms with Crippen molar-refractivity contribution in [3.05, 3.63) is 16.1 Å². The van der Waals surface area contributed by atoms with Gasteiger partial charge < -0.3 is 15.0 Å². The van der Waals surface area contributed by atoms with Crippen LogP contribution in [0, 0.1) is 24.7 Å². The van der Waals surface area contributed by atoms with E-state index in [9.17, 15) is 4.79 Å². The predicted octanol–water partition coefficient (Wildman–Crippen LogP) is 1.98. The highest BCUT2D eigenvalue weighted by Crippen LogP contribution is 2.24. The number of ether oxygens (including phenoxy) is 1. The fraction of sp³-hybridized carbons (Fsp3) is 0.750. The second-order valence-electron chi connectivity index (χ2n) is 8.02. The summed E-state index contributed by atoms with van der Waals surface area (Å²) in [6.07, 6.45) is 2.38. The van der Waals surface area contributed by atoms with Crippen LogP contribution >= 0.6 is 11.3 Å². The molecule has 2 aliphatic rings. The highest BCUT2D eigenvalue weighted by Gasteiger charge is 2.37. The molecule has 2 unspecified atom stereocenters. The van der Waals surface area contributed by atoms with E-state index in [0.29, 0.717) is 12.5 Å². The van der Waals surface area contributed by atoms with Crippen molar-refractivity contribution in [1.82, 2.24) is 20.1 Å². The topological polar surface area (TPSA) is 70.1 Å². The van der Waals surface area contributed by atoms with Crippen molar-refractivity contribution in [1.29, 1.82) is 0 Å². The number of piperidine rings is 1. The Morgan fingerprint density at radius 3 is 2.75 bits per heavy atom. The van der Waals surface area contributed by atoms with Crippen LogP contribution in [0.1, 0.15) is 30.5 Å². The summed E-state index contributed by atoms with van der Waals surface area (Å²) in [4.78, 5) is 25.6. The van der Waals surface area contributed by atoms with Crippen LogP contribution in [0.4, 0.5) is 0 Å². The lowest BCUT2D eigenvalue weighted by atomic mass is 9.97. The number of hydrogen-bond donors (Lipinski definition) is 1. The number of aromatic nitrogens is 1. The Morgan fingerprint density at radius 1 is 1.39 bits per heavy atom. The van der Waals surface area contributed by atoms with Gasteiger partial charge in [0.15, 0.2) is 5.96 Å². The molecule has 2 aliphatic heterocycles. The van der Waals surface area contributed by atoms with Gasteiger partial charge >= 0.3 is 5.97 Å². The summed E-state index contributed by atoms with van der Waals surface area (Å²) >= 11 is 1.73. The maximum atomic E-state index is 11.9. The van der Waals surface area contributed by atoms with Crippen molar-refractivity contribution in [2.45, 2.75) is 33.2 Å². The third-order valence-corrected chi connectivity index (χ3v) is 6.76. The van der Waals surface area contributed by atoms with Gasteiger partial charge in [-0.3, -0.25) is 14.7 Å². The molecule has 0 saturated carbocycles. The maximum absolute atomic E-state index is 11.9. The average Bonchev–Trinajstić information content (AvgIpc) is 3.28. The van der Waals surface area contributed by atoms with Gasteiger partial charge in [-0.1, -0.05) is 6.92 Å². The summed E-state index contributed by atoms with van der Waals surface area (Å²) < 4.78 is 4.94. The smallest absolute Gasteiger partial charge is 0.310 e. The number of likely N-dealkylation sites (tertiary alicyclic amines) is 2. The van der Waals surface area contributed by atoms with E-state index >= 15 is 0 Å². The fourth-order valence-electron chi connectivity index (χ4n) is 4.22. The minimum absolute atomic E-state index is 0.0684. The fourth-order valence-corrected chi connectivity index (χ4v) is 4.83. The standard InChI is InChI=1S/C20H33N5O2S/c1-14-10-25(12-18(14)19(26)27-4)20(21-3)22-9-16-5-7-24(8-6-16)11-17-13-28-15(2)23-17/h13-14,16,18H,5-12H2,1-4H3,(H,21,22). The van der Waals surface area contributed by atoms with E-state index < -0.39 is 0 Å². The quantitative estimate of drug-likeness (QED) is 0.457. The highest BCUT2D eigenvalue weighted by atomic mass is 32.1. The molecule has 156 valence electrons. The molecule has 1 N–H and O–H groups in total. The minimum Gasteiger partial charge on any atom is -0.469 e. The Bertz CT molecular complexity index is 684. The van der Waals surface area contributed by atoms with Gasteiger partial charge in [0.2, 0.25) is 0 Å². The summed E-state index contributed by atoms with van der Waals surface area (Å²) in [6, 6.07) is 0. The molecule has 2 fully saturated rings. The van der Waals surface area contributed by atoms with Crippen LogP contribution in [0.2, 0.25) is 0 Å². The first-order chi connectivity index (χ1) is 13.5. The summed E-state index contributed by atoms with van der Waals surface area (Å²) in [7, 11) is 3.28. The molecule has 0 spiro atoms.